The molecule has 0 aliphatic carbocycles. The van der Waals surface area contributed by atoms with Crippen LogP contribution in [0.5, 0.6) is 0 Å². The summed E-state index contributed by atoms with van der Waals surface area (Å²) in [6, 6.07) is 0. The molecule has 1 aliphatic heterocycles. The Morgan fingerprint density at radius 3 is 3.21 bits per heavy atom. The highest BCUT2D eigenvalue weighted by molar-refractivity contribution is 5.76. The van der Waals surface area contributed by atoms with Crippen LogP contribution in [0.2, 0.25) is 0 Å². The maximum Gasteiger partial charge on any atom is 0.222 e. The van der Waals surface area contributed by atoms with Gasteiger partial charge in [0.1, 0.15) is 0 Å². The normalized spacial score (nSPS) is 21.2. The predicted molar refractivity (Wildman–Crippen MR) is 53.7 cm³/mol. The second-order valence-electron chi connectivity index (χ2n) is 3.21. The molecule has 1 rings (SSSR count). The van der Waals surface area contributed by atoms with E-state index < -0.39 is 0 Å². The monoisotopic (exact) mass is 196 g/mol. The highest BCUT2D eigenvalue weighted by Gasteiger charge is 2.16. The minimum atomic E-state index is 0.00829. The highest BCUT2D eigenvalue weighted by Crippen LogP contribution is 2.00. The van der Waals surface area contributed by atoms with Crippen molar-refractivity contribution >= 4 is 5.91 Å². The third-order valence-corrected chi connectivity index (χ3v) is 2.01. The minimum Gasteiger partial charge on any atom is -0.375 e. The zero-order valence-electron chi connectivity index (χ0n) is 8.21. The largest absolute Gasteiger partial charge is 0.375 e. The number of nitrogens with one attached hydrogen (secondary N) is 2. The van der Waals surface area contributed by atoms with Crippen LogP contribution < -0.4 is 10.6 Å². The molecule has 0 saturated carbocycles. The summed E-state index contributed by atoms with van der Waals surface area (Å²) >= 11 is 0. The molecule has 1 fully saturated rings. The number of hydrogen-bond donors (Lipinski definition) is 2. The lowest BCUT2D eigenvalue weighted by Gasteiger charge is -2.22. The first-order valence-corrected chi connectivity index (χ1v) is 4.85. The van der Waals surface area contributed by atoms with Crippen LogP contribution in [-0.4, -0.2) is 38.3 Å². The van der Waals surface area contributed by atoms with Crippen LogP contribution in [0, 0.1) is 12.3 Å². The van der Waals surface area contributed by atoms with Crippen molar-refractivity contribution < 1.29 is 9.53 Å². The zero-order valence-corrected chi connectivity index (χ0v) is 8.21. The van der Waals surface area contributed by atoms with Gasteiger partial charge in [-0.1, -0.05) is 0 Å². The third kappa shape index (κ3) is 4.26. The average molecular weight is 196 g/mol. The maximum atomic E-state index is 11.3. The van der Waals surface area contributed by atoms with Crippen LogP contribution in [0.1, 0.15) is 12.8 Å². The first-order valence-electron chi connectivity index (χ1n) is 4.85. The Bertz CT molecular complexity index is 217. The average Bonchev–Trinajstić information content (AvgIpc) is 2.20. The molecular weight excluding hydrogens is 180 g/mol. The van der Waals surface area contributed by atoms with Crippen LogP contribution in [0.15, 0.2) is 0 Å². The molecule has 0 spiro atoms. The van der Waals surface area contributed by atoms with Gasteiger partial charge < -0.3 is 15.4 Å². The van der Waals surface area contributed by atoms with E-state index >= 15 is 0 Å². The van der Waals surface area contributed by atoms with Gasteiger partial charge in [0.25, 0.3) is 0 Å². The SMILES string of the molecule is C#CCCNC(=O)CC1CNCCO1. The van der Waals surface area contributed by atoms with E-state index in [9.17, 15) is 4.79 Å². The molecule has 0 aromatic heterocycles. The first-order chi connectivity index (χ1) is 6.83. The third-order valence-electron chi connectivity index (χ3n) is 2.01. The van der Waals surface area contributed by atoms with Crippen molar-refractivity contribution in [3.05, 3.63) is 0 Å². The van der Waals surface area contributed by atoms with E-state index in [-0.39, 0.29) is 12.0 Å². The summed E-state index contributed by atoms with van der Waals surface area (Å²) in [5, 5.41) is 5.91. The summed E-state index contributed by atoms with van der Waals surface area (Å²) in [6.07, 6.45) is 6.07. The highest BCUT2D eigenvalue weighted by atomic mass is 16.5. The molecule has 1 amide bonds. The van der Waals surface area contributed by atoms with Crippen molar-refractivity contribution in [2.45, 2.75) is 18.9 Å². The van der Waals surface area contributed by atoms with Gasteiger partial charge in [-0.05, 0) is 0 Å². The van der Waals surface area contributed by atoms with Crippen molar-refractivity contribution in [3.8, 4) is 12.3 Å². The van der Waals surface area contributed by atoms with E-state index in [1.54, 1.807) is 0 Å². The molecule has 0 bridgehead atoms. The van der Waals surface area contributed by atoms with E-state index in [0.29, 0.717) is 26.0 Å². The molecule has 1 aliphatic rings. The molecule has 4 nitrogen and oxygen atoms in total. The topological polar surface area (TPSA) is 50.4 Å². The lowest BCUT2D eigenvalue weighted by molar-refractivity contribution is -0.124. The van der Waals surface area contributed by atoms with Gasteiger partial charge in [-0.3, -0.25) is 4.79 Å². The summed E-state index contributed by atoms with van der Waals surface area (Å²) in [7, 11) is 0. The number of amides is 1. The number of carbonyl (C=O) groups excluding carboxylic acids is 1. The summed E-state index contributed by atoms with van der Waals surface area (Å²) in [6.45, 7) is 2.86. The molecule has 78 valence electrons. The standard InChI is InChI=1S/C10H16N2O2/c1-2-3-4-12-10(13)7-9-8-11-5-6-14-9/h1,9,11H,3-8H2,(H,12,13). The van der Waals surface area contributed by atoms with Gasteiger partial charge in [0.15, 0.2) is 0 Å². The molecule has 1 atom stereocenters. The van der Waals surface area contributed by atoms with Crippen molar-refractivity contribution in [1.82, 2.24) is 10.6 Å². The quantitative estimate of drug-likeness (QED) is 0.471. The number of morpholine rings is 1. The molecule has 0 aromatic carbocycles. The Morgan fingerprint density at radius 1 is 1.71 bits per heavy atom. The molecule has 1 heterocycles. The maximum absolute atomic E-state index is 11.3. The zero-order chi connectivity index (χ0) is 10.2. The smallest absolute Gasteiger partial charge is 0.222 e. The fraction of sp³-hybridized carbons (Fsp3) is 0.700. The van der Waals surface area contributed by atoms with Crippen molar-refractivity contribution in [1.29, 1.82) is 0 Å². The van der Waals surface area contributed by atoms with E-state index in [4.69, 9.17) is 11.2 Å². The second kappa shape index (κ2) is 6.41. The molecule has 4 heteroatoms. The molecule has 1 saturated heterocycles. The Kier molecular flexibility index (Phi) is 5.05. The van der Waals surface area contributed by atoms with Crippen LogP contribution in [0.25, 0.3) is 0 Å². The Hall–Kier alpha value is -1.05. The molecule has 0 radical (unpaired) electrons. The van der Waals surface area contributed by atoms with E-state index in [1.807, 2.05) is 0 Å². The van der Waals surface area contributed by atoms with Gasteiger partial charge in [-0.25, -0.2) is 0 Å². The van der Waals surface area contributed by atoms with Gasteiger partial charge >= 0.3 is 0 Å². The lowest BCUT2D eigenvalue weighted by Crippen LogP contribution is -2.41. The van der Waals surface area contributed by atoms with Crippen LogP contribution in [-0.2, 0) is 9.53 Å². The predicted octanol–water partition coefficient (Wildman–Crippen LogP) is -0.496. The number of terminal acetylenes is 1. The van der Waals surface area contributed by atoms with Crippen LogP contribution >= 0.6 is 0 Å². The summed E-state index contributed by atoms with van der Waals surface area (Å²) < 4.78 is 5.39. The number of rotatable bonds is 4. The van der Waals surface area contributed by atoms with Crippen molar-refractivity contribution in [2.75, 3.05) is 26.2 Å². The van der Waals surface area contributed by atoms with E-state index in [2.05, 4.69) is 16.6 Å². The fourth-order valence-electron chi connectivity index (χ4n) is 1.30. The van der Waals surface area contributed by atoms with Gasteiger partial charge in [-0.15, -0.1) is 12.3 Å². The van der Waals surface area contributed by atoms with Crippen LogP contribution in [0.4, 0.5) is 0 Å². The Balaban J connectivity index is 2.10. The van der Waals surface area contributed by atoms with Gasteiger partial charge in [0.2, 0.25) is 5.91 Å². The van der Waals surface area contributed by atoms with E-state index in [1.165, 1.54) is 0 Å². The van der Waals surface area contributed by atoms with Gasteiger partial charge in [0, 0.05) is 26.1 Å². The number of hydrogen-bond acceptors (Lipinski definition) is 3. The molecule has 14 heavy (non-hydrogen) atoms. The van der Waals surface area contributed by atoms with Crippen LogP contribution in [0.3, 0.4) is 0 Å². The van der Waals surface area contributed by atoms with Gasteiger partial charge in [-0.2, -0.15) is 0 Å². The second-order valence-corrected chi connectivity index (χ2v) is 3.21. The van der Waals surface area contributed by atoms with Crippen molar-refractivity contribution in [3.63, 3.8) is 0 Å². The summed E-state index contributed by atoms with van der Waals surface area (Å²) in [5.74, 6) is 2.48. The molecule has 2 N–H and O–H groups in total. The Labute approximate surface area is 84.4 Å². The fourth-order valence-corrected chi connectivity index (χ4v) is 1.30. The summed E-state index contributed by atoms with van der Waals surface area (Å²) in [4.78, 5) is 11.3. The Morgan fingerprint density at radius 2 is 2.57 bits per heavy atom. The van der Waals surface area contributed by atoms with E-state index in [0.717, 1.165) is 13.1 Å². The number of ether oxygens (including phenoxy) is 1. The molecule has 0 aromatic rings. The lowest BCUT2D eigenvalue weighted by atomic mass is 10.2. The van der Waals surface area contributed by atoms with Crippen molar-refractivity contribution in [2.24, 2.45) is 0 Å². The first kappa shape index (κ1) is 11.0. The molecular formula is C10H16N2O2. The number of carbonyl (C=O) groups is 1. The van der Waals surface area contributed by atoms with Gasteiger partial charge in [0.05, 0.1) is 19.1 Å². The molecule has 1 unspecified atom stereocenters. The summed E-state index contributed by atoms with van der Waals surface area (Å²) in [5.41, 5.74) is 0. The minimum absolute atomic E-state index is 0.00829.